The lowest BCUT2D eigenvalue weighted by Gasteiger charge is -2.28. The van der Waals surface area contributed by atoms with E-state index in [4.69, 9.17) is 4.74 Å². The highest BCUT2D eigenvalue weighted by molar-refractivity contribution is 7.89. The van der Waals surface area contributed by atoms with Crippen molar-refractivity contribution in [2.45, 2.75) is 24.3 Å². The number of nitrogens with zero attached hydrogens (tertiary/aromatic N) is 1. The number of anilines is 1. The molecule has 0 aliphatic carbocycles. The number of fused-ring (bicyclic) bond motifs is 1. The Bertz CT molecular complexity index is 866. The van der Waals surface area contributed by atoms with Crippen molar-refractivity contribution in [2.75, 3.05) is 18.6 Å². The summed E-state index contributed by atoms with van der Waals surface area (Å²) in [4.78, 5) is 13.6. The van der Waals surface area contributed by atoms with E-state index in [2.05, 4.69) is 4.72 Å². The lowest BCUT2D eigenvalue weighted by atomic mass is 10.0. The van der Waals surface area contributed by atoms with Crippen molar-refractivity contribution in [1.82, 2.24) is 4.72 Å². The first-order valence-corrected chi connectivity index (χ1v) is 9.51. The van der Waals surface area contributed by atoms with E-state index in [1.54, 1.807) is 12.1 Å². The minimum atomic E-state index is -3.62. The number of hydrogen-bond acceptors (Lipinski definition) is 4. The van der Waals surface area contributed by atoms with E-state index in [1.165, 1.54) is 18.1 Å². The summed E-state index contributed by atoms with van der Waals surface area (Å²) < 4.78 is 32.5. The quantitative estimate of drug-likeness (QED) is 0.910. The molecule has 2 aromatic carbocycles. The van der Waals surface area contributed by atoms with Crippen molar-refractivity contribution in [3.05, 3.63) is 59.7 Å². The van der Waals surface area contributed by atoms with Crippen LogP contribution in [0.25, 0.3) is 0 Å². The Kier molecular flexibility index (Phi) is 5.06. The van der Waals surface area contributed by atoms with Gasteiger partial charge in [-0.15, -0.1) is 0 Å². The summed E-state index contributed by atoms with van der Waals surface area (Å²) in [5.74, 6) is 0. The van der Waals surface area contributed by atoms with Crippen molar-refractivity contribution in [2.24, 2.45) is 0 Å². The number of nitrogens with one attached hydrogen (secondary N) is 1. The van der Waals surface area contributed by atoms with E-state index in [-0.39, 0.29) is 11.4 Å². The molecule has 0 aromatic heterocycles. The third-order valence-corrected chi connectivity index (χ3v) is 5.58. The predicted molar refractivity (Wildman–Crippen MR) is 95.0 cm³/mol. The minimum Gasteiger partial charge on any atom is -0.452 e. The molecule has 0 saturated carbocycles. The van der Waals surface area contributed by atoms with Crippen LogP contribution in [0.1, 0.15) is 17.5 Å². The second kappa shape index (κ2) is 7.25. The standard InChI is InChI=1S/C18H20N2O4S/c1-24-18(21)20-11-5-8-15-12-16(9-10-17(15)20)25(22,23)19-13-14-6-3-2-4-7-14/h2-4,6-7,9-10,12,19H,5,8,11,13H2,1H3. The van der Waals surface area contributed by atoms with E-state index in [0.29, 0.717) is 12.2 Å². The fourth-order valence-electron chi connectivity index (χ4n) is 2.90. The number of ether oxygens (including phenoxy) is 1. The lowest BCUT2D eigenvalue weighted by Crippen LogP contribution is -2.35. The number of carbonyl (C=O) groups excluding carboxylic acids is 1. The second-order valence-electron chi connectivity index (χ2n) is 5.83. The number of methoxy groups -OCH3 is 1. The molecule has 1 aliphatic heterocycles. The van der Waals surface area contributed by atoms with E-state index in [9.17, 15) is 13.2 Å². The van der Waals surface area contributed by atoms with E-state index >= 15 is 0 Å². The molecule has 2 aromatic rings. The molecule has 0 fully saturated rings. The molecule has 25 heavy (non-hydrogen) atoms. The first-order chi connectivity index (χ1) is 12.0. The summed E-state index contributed by atoms with van der Waals surface area (Å²) in [6.07, 6.45) is 1.06. The molecule has 0 atom stereocenters. The Morgan fingerprint density at radius 2 is 1.96 bits per heavy atom. The lowest BCUT2D eigenvalue weighted by molar-refractivity contribution is 0.178. The molecule has 0 spiro atoms. The van der Waals surface area contributed by atoms with Crippen LogP contribution in [-0.2, 0) is 27.7 Å². The molecule has 0 radical (unpaired) electrons. The van der Waals surface area contributed by atoms with Crippen LogP contribution < -0.4 is 9.62 Å². The van der Waals surface area contributed by atoms with Crippen LogP contribution in [0.4, 0.5) is 10.5 Å². The van der Waals surface area contributed by atoms with Crippen molar-refractivity contribution in [1.29, 1.82) is 0 Å². The van der Waals surface area contributed by atoms with E-state index < -0.39 is 16.1 Å². The zero-order valence-corrected chi connectivity index (χ0v) is 14.8. The first kappa shape index (κ1) is 17.4. The van der Waals surface area contributed by atoms with Gasteiger partial charge in [0.05, 0.1) is 17.7 Å². The SMILES string of the molecule is COC(=O)N1CCCc2cc(S(=O)(=O)NCc3ccccc3)ccc21. The van der Waals surface area contributed by atoms with Gasteiger partial charge in [-0.2, -0.15) is 0 Å². The first-order valence-electron chi connectivity index (χ1n) is 8.03. The Balaban J connectivity index is 1.82. The fraction of sp³-hybridized carbons (Fsp3) is 0.278. The average Bonchev–Trinajstić information content (AvgIpc) is 2.65. The van der Waals surface area contributed by atoms with Crippen LogP contribution in [0.5, 0.6) is 0 Å². The molecule has 0 unspecified atom stereocenters. The normalized spacial score (nSPS) is 14.0. The average molecular weight is 360 g/mol. The number of carbonyl (C=O) groups is 1. The van der Waals surface area contributed by atoms with Crippen molar-refractivity contribution in [3.63, 3.8) is 0 Å². The van der Waals surface area contributed by atoms with Crippen LogP contribution in [0, 0.1) is 0 Å². The third-order valence-electron chi connectivity index (χ3n) is 4.18. The van der Waals surface area contributed by atoms with Gasteiger partial charge < -0.3 is 4.74 Å². The van der Waals surface area contributed by atoms with Crippen LogP contribution in [0.15, 0.2) is 53.4 Å². The van der Waals surface area contributed by atoms with Gasteiger partial charge in [0.2, 0.25) is 10.0 Å². The Labute approximate surface area is 147 Å². The number of benzene rings is 2. The van der Waals surface area contributed by atoms with Gasteiger partial charge in [0.25, 0.3) is 0 Å². The van der Waals surface area contributed by atoms with Crippen LogP contribution in [-0.4, -0.2) is 28.2 Å². The van der Waals surface area contributed by atoms with E-state index in [0.717, 1.165) is 24.0 Å². The highest BCUT2D eigenvalue weighted by atomic mass is 32.2. The van der Waals surface area contributed by atoms with Crippen LogP contribution >= 0.6 is 0 Å². The number of amides is 1. The molecule has 6 nitrogen and oxygen atoms in total. The Morgan fingerprint density at radius 3 is 2.68 bits per heavy atom. The van der Waals surface area contributed by atoms with Crippen molar-refractivity contribution in [3.8, 4) is 0 Å². The molecule has 1 heterocycles. The maximum atomic E-state index is 12.5. The Hall–Kier alpha value is -2.38. The maximum absolute atomic E-state index is 12.5. The number of rotatable bonds is 4. The number of hydrogen-bond donors (Lipinski definition) is 1. The molecule has 1 N–H and O–H groups in total. The van der Waals surface area contributed by atoms with Gasteiger partial charge in [-0.1, -0.05) is 30.3 Å². The molecular formula is C18H20N2O4S. The van der Waals surface area contributed by atoms with Gasteiger partial charge in [0.1, 0.15) is 0 Å². The second-order valence-corrected chi connectivity index (χ2v) is 7.59. The summed E-state index contributed by atoms with van der Waals surface area (Å²) in [5.41, 5.74) is 2.43. The smallest absolute Gasteiger partial charge is 0.414 e. The molecule has 0 bridgehead atoms. The highest BCUT2D eigenvalue weighted by Gasteiger charge is 2.25. The summed E-state index contributed by atoms with van der Waals surface area (Å²) in [6.45, 7) is 0.798. The summed E-state index contributed by atoms with van der Waals surface area (Å²) in [6, 6.07) is 14.2. The zero-order valence-electron chi connectivity index (χ0n) is 13.9. The van der Waals surface area contributed by atoms with Gasteiger partial charge in [-0.3, -0.25) is 4.90 Å². The molecule has 7 heteroatoms. The third kappa shape index (κ3) is 3.83. The summed E-state index contributed by atoms with van der Waals surface area (Å²) in [7, 11) is -2.28. The zero-order chi connectivity index (χ0) is 17.9. The minimum absolute atomic E-state index is 0.203. The van der Waals surface area contributed by atoms with Gasteiger partial charge in [0.15, 0.2) is 0 Å². The monoisotopic (exact) mass is 360 g/mol. The number of aryl methyl sites for hydroxylation is 1. The summed E-state index contributed by atoms with van der Waals surface area (Å²) >= 11 is 0. The molecule has 1 amide bonds. The van der Waals surface area contributed by atoms with E-state index in [1.807, 2.05) is 30.3 Å². The molecule has 1 aliphatic rings. The predicted octanol–water partition coefficient (Wildman–Crippen LogP) is 2.68. The van der Waals surface area contributed by atoms with Gasteiger partial charge in [-0.05, 0) is 42.2 Å². The van der Waals surface area contributed by atoms with Crippen LogP contribution in [0.2, 0.25) is 0 Å². The molecule has 0 saturated heterocycles. The Morgan fingerprint density at radius 1 is 1.20 bits per heavy atom. The van der Waals surface area contributed by atoms with Gasteiger partial charge >= 0.3 is 6.09 Å². The molecule has 132 valence electrons. The van der Waals surface area contributed by atoms with Gasteiger partial charge in [-0.25, -0.2) is 17.9 Å². The van der Waals surface area contributed by atoms with Crippen molar-refractivity contribution >= 4 is 21.8 Å². The number of sulfonamides is 1. The largest absolute Gasteiger partial charge is 0.452 e. The summed E-state index contributed by atoms with van der Waals surface area (Å²) in [5, 5.41) is 0. The van der Waals surface area contributed by atoms with Crippen molar-refractivity contribution < 1.29 is 17.9 Å². The fourth-order valence-corrected chi connectivity index (χ4v) is 3.97. The molecular weight excluding hydrogens is 340 g/mol. The van der Waals surface area contributed by atoms with Crippen LogP contribution in [0.3, 0.4) is 0 Å². The molecule has 3 rings (SSSR count). The van der Waals surface area contributed by atoms with Gasteiger partial charge in [0, 0.05) is 13.1 Å². The highest BCUT2D eigenvalue weighted by Crippen LogP contribution is 2.29. The topological polar surface area (TPSA) is 75.7 Å². The maximum Gasteiger partial charge on any atom is 0.414 e.